The Labute approximate surface area is 229 Å². The summed E-state index contributed by atoms with van der Waals surface area (Å²) in [7, 11) is 3.34. The molecule has 4 rings (SSSR count). The first-order valence-corrected chi connectivity index (χ1v) is 11.8. The van der Waals surface area contributed by atoms with Gasteiger partial charge in [0.25, 0.3) is 0 Å². The number of aromatic nitrogens is 1. The highest BCUT2D eigenvalue weighted by Gasteiger charge is 2.42. The fourth-order valence-electron chi connectivity index (χ4n) is 4.94. The summed E-state index contributed by atoms with van der Waals surface area (Å²) in [5.74, 6) is -3.61. The third-order valence-corrected chi connectivity index (χ3v) is 6.87. The van der Waals surface area contributed by atoms with Crippen molar-refractivity contribution in [3.63, 3.8) is 0 Å². The molecule has 0 radical (unpaired) electrons. The van der Waals surface area contributed by atoms with Crippen LogP contribution in [0.3, 0.4) is 0 Å². The Balaban J connectivity index is 0.00000241. The van der Waals surface area contributed by atoms with Crippen molar-refractivity contribution in [3.05, 3.63) is 59.4 Å². The van der Waals surface area contributed by atoms with Gasteiger partial charge in [0.2, 0.25) is 11.8 Å². The standard InChI is InChI=1S/C26H33F2N5O2.2ClH/c1-17-14-33(21(13-29-17)24(35)31(4)5)23(34)15-32-16-25(2,3)19-12-30-22(11-20(19)32)26(27,28)18-9-7-6-8-10-18;;/h6-12,17,21,29H,13-16H2,1-5H3;2*1H/t17-,21-;;/m1../s1. The molecule has 1 saturated heterocycles. The number of carbonyl (C=O) groups excluding carboxylic acids is 2. The van der Waals surface area contributed by atoms with Crippen molar-refractivity contribution in [2.45, 2.75) is 44.2 Å². The van der Waals surface area contributed by atoms with E-state index in [-0.39, 0.29) is 65.9 Å². The van der Waals surface area contributed by atoms with Crippen molar-refractivity contribution in [2.24, 2.45) is 0 Å². The maximum atomic E-state index is 15.3. The van der Waals surface area contributed by atoms with E-state index >= 15 is 8.78 Å². The summed E-state index contributed by atoms with van der Waals surface area (Å²) < 4.78 is 30.6. The van der Waals surface area contributed by atoms with Crippen LogP contribution < -0.4 is 10.2 Å². The van der Waals surface area contributed by atoms with Crippen LogP contribution in [0.15, 0.2) is 42.6 Å². The maximum Gasteiger partial charge on any atom is 0.314 e. The summed E-state index contributed by atoms with van der Waals surface area (Å²) in [6.07, 6.45) is 1.51. The van der Waals surface area contributed by atoms with Gasteiger partial charge in [-0.2, -0.15) is 8.78 Å². The molecule has 0 aliphatic carbocycles. The van der Waals surface area contributed by atoms with Crippen molar-refractivity contribution >= 4 is 42.3 Å². The molecule has 0 bridgehead atoms. The first kappa shape index (κ1) is 30.7. The fourth-order valence-corrected chi connectivity index (χ4v) is 4.94. The molecular weight excluding hydrogens is 523 g/mol. The minimum Gasteiger partial charge on any atom is -0.361 e. The van der Waals surface area contributed by atoms with Gasteiger partial charge in [0.15, 0.2) is 0 Å². The number of amides is 2. The van der Waals surface area contributed by atoms with Crippen molar-refractivity contribution in [1.29, 1.82) is 0 Å². The number of halogens is 4. The number of alkyl halides is 2. The van der Waals surface area contributed by atoms with Gasteiger partial charge in [0.1, 0.15) is 11.7 Å². The third kappa shape index (κ3) is 5.99. The molecule has 2 aliphatic heterocycles. The number of rotatable bonds is 5. The Morgan fingerprint density at radius 2 is 1.84 bits per heavy atom. The average Bonchev–Trinajstić information content (AvgIpc) is 3.08. The number of likely N-dealkylation sites (N-methyl/N-ethyl adjacent to an activating group) is 1. The van der Waals surface area contributed by atoms with Crippen LogP contribution in [0.25, 0.3) is 0 Å². The minimum absolute atomic E-state index is 0. The fraction of sp³-hybridized carbons (Fsp3) is 0.500. The van der Waals surface area contributed by atoms with Crippen LogP contribution in [0.1, 0.15) is 37.6 Å². The summed E-state index contributed by atoms with van der Waals surface area (Å²) in [4.78, 5) is 35.3. The average molecular weight is 559 g/mol. The first-order valence-electron chi connectivity index (χ1n) is 11.8. The summed E-state index contributed by atoms with van der Waals surface area (Å²) >= 11 is 0. The van der Waals surface area contributed by atoms with E-state index in [0.29, 0.717) is 25.3 Å². The number of nitrogens with one attached hydrogen (secondary N) is 1. The van der Waals surface area contributed by atoms with Crippen LogP contribution >= 0.6 is 24.8 Å². The Hall–Kier alpha value is -2.49. The number of hydrogen-bond acceptors (Lipinski definition) is 5. The highest BCUT2D eigenvalue weighted by Crippen LogP contribution is 2.43. The van der Waals surface area contributed by atoms with E-state index in [2.05, 4.69) is 10.3 Å². The van der Waals surface area contributed by atoms with Crippen LogP contribution in [0.5, 0.6) is 0 Å². The van der Waals surface area contributed by atoms with Crippen molar-refractivity contribution in [2.75, 3.05) is 45.2 Å². The first-order chi connectivity index (χ1) is 16.4. The molecule has 0 spiro atoms. The number of nitrogens with zero attached hydrogens (tertiary/aromatic N) is 4. The van der Waals surface area contributed by atoms with Crippen LogP contribution in [-0.4, -0.2) is 79.0 Å². The molecular formula is C26H35Cl2F2N5O2. The van der Waals surface area contributed by atoms with E-state index in [9.17, 15) is 9.59 Å². The number of anilines is 1. The molecule has 204 valence electrons. The minimum atomic E-state index is -3.27. The topological polar surface area (TPSA) is 68.8 Å². The molecule has 2 amide bonds. The number of benzene rings is 1. The van der Waals surface area contributed by atoms with Gasteiger partial charge in [-0.1, -0.05) is 44.2 Å². The number of piperazine rings is 1. The zero-order chi connectivity index (χ0) is 25.5. The third-order valence-electron chi connectivity index (χ3n) is 6.87. The van der Waals surface area contributed by atoms with E-state index in [4.69, 9.17) is 0 Å². The Kier molecular flexibility index (Phi) is 9.55. The number of fused-ring (bicyclic) bond motifs is 1. The van der Waals surface area contributed by atoms with Crippen molar-refractivity contribution in [3.8, 4) is 0 Å². The normalized spacial score (nSPS) is 20.4. The Morgan fingerprint density at radius 1 is 1.19 bits per heavy atom. The molecule has 2 aliphatic rings. The molecule has 0 saturated carbocycles. The zero-order valence-corrected chi connectivity index (χ0v) is 23.3. The van der Waals surface area contributed by atoms with Crippen LogP contribution in [-0.2, 0) is 20.9 Å². The Bertz CT molecular complexity index is 1120. The largest absolute Gasteiger partial charge is 0.361 e. The predicted molar refractivity (Wildman–Crippen MR) is 145 cm³/mol. The van der Waals surface area contributed by atoms with Gasteiger partial charge in [-0.05, 0) is 13.0 Å². The van der Waals surface area contributed by atoms with Gasteiger partial charge in [-0.3, -0.25) is 14.6 Å². The van der Waals surface area contributed by atoms with E-state index in [1.165, 1.54) is 29.3 Å². The van der Waals surface area contributed by atoms with Crippen molar-refractivity contribution in [1.82, 2.24) is 20.1 Å². The summed E-state index contributed by atoms with van der Waals surface area (Å²) in [6, 6.07) is 8.47. The van der Waals surface area contributed by atoms with Gasteiger partial charge in [-0.15, -0.1) is 24.8 Å². The highest BCUT2D eigenvalue weighted by molar-refractivity contribution is 5.90. The monoisotopic (exact) mass is 557 g/mol. The molecule has 1 aromatic heterocycles. The van der Waals surface area contributed by atoms with Gasteiger partial charge >= 0.3 is 5.92 Å². The van der Waals surface area contributed by atoms with E-state index in [0.717, 1.165) is 5.56 Å². The number of hydrogen-bond donors (Lipinski definition) is 1. The summed E-state index contributed by atoms with van der Waals surface area (Å²) in [5.41, 5.74) is 0.565. The molecule has 3 heterocycles. The summed E-state index contributed by atoms with van der Waals surface area (Å²) in [5, 5.41) is 3.27. The second-order valence-electron chi connectivity index (χ2n) is 10.4. The lowest BCUT2D eigenvalue weighted by Crippen LogP contribution is -2.63. The smallest absolute Gasteiger partial charge is 0.314 e. The molecule has 0 unspecified atom stereocenters. The van der Waals surface area contributed by atoms with Crippen LogP contribution in [0.4, 0.5) is 14.5 Å². The van der Waals surface area contributed by atoms with Crippen molar-refractivity contribution < 1.29 is 18.4 Å². The molecule has 2 aromatic rings. The van der Waals surface area contributed by atoms with E-state index < -0.39 is 12.0 Å². The second kappa shape index (κ2) is 11.5. The highest BCUT2D eigenvalue weighted by atomic mass is 35.5. The van der Waals surface area contributed by atoms with Gasteiger partial charge in [0.05, 0.1) is 6.54 Å². The lowest BCUT2D eigenvalue weighted by atomic mass is 9.88. The lowest BCUT2D eigenvalue weighted by molar-refractivity contribution is -0.145. The quantitative estimate of drug-likeness (QED) is 0.609. The molecule has 1 N–H and O–H groups in total. The zero-order valence-electron chi connectivity index (χ0n) is 21.7. The number of carbonyl (C=O) groups is 2. The molecule has 37 heavy (non-hydrogen) atoms. The predicted octanol–water partition coefficient (Wildman–Crippen LogP) is 3.44. The lowest BCUT2D eigenvalue weighted by Gasteiger charge is -2.40. The van der Waals surface area contributed by atoms with Gasteiger partial charge in [0, 0.05) is 68.2 Å². The van der Waals surface area contributed by atoms with Gasteiger partial charge < -0.3 is 20.0 Å². The molecule has 7 nitrogen and oxygen atoms in total. The maximum absolute atomic E-state index is 15.3. The van der Waals surface area contributed by atoms with E-state index in [1.807, 2.05) is 25.7 Å². The number of pyridine rings is 1. The molecule has 11 heteroatoms. The van der Waals surface area contributed by atoms with Gasteiger partial charge in [-0.25, -0.2) is 0 Å². The van der Waals surface area contributed by atoms with Crippen LogP contribution in [0, 0.1) is 0 Å². The molecule has 1 fully saturated rings. The SMILES string of the molecule is C[C@@H]1CN(C(=O)CN2CC(C)(C)c3cnc(C(F)(F)c4ccccc4)cc32)[C@@H](C(=O)N(C)C)CN1.Cl.Cl. The van der Waals surface area contributed by atoms with E-state index in [1.54, 1.807) is 37.2 Å². The second-order valence-corrected chi connectivity index (χ2v) is 10.4. The molecule has 1 aromatic carbocycles. The van der Waals surface area contributed by atoms with Crippen LogP contribution in [0.2, 0.25) is 0 Å². The Morgan fingerprint density at radius 3 is 2.46 bits per heavy atom. The molecule has 2 atom stereocenters. The summed E-state index contributed by atoms with van der Waals surface area (Å²) in [6.45, 7) is 7.26.